The molecular weight excluding hydrogens is 1260 g/mol. The van der Waals surface area contributed by atoms with Crippen LogP contribution in [0.15, 0.2) is 40.4 Å². The van der Waals surface area contributed by atoms with Gasteiger partial charge in [-0.1, -0.05) is 52.3 Å². The van der Waals surface area contributed by atoms with E-state index >= 15 is 0 Å². The molecule has 33 nitrogen and oxygen atoms in total. The van der Waals surface area contributed by atoms with Gasteiger partial charge in [-0.25, -0.2) is 4.79 Å². The maximum Gasteiger partial charge on any atom is 0.326 e. The third-order valence-corrected chi connectivity index (χ3v) is 15.5. The molecule has 514 valence electrons. The number of nitrogens with one attached hydrogen (secondary N) is 11. The van der Waals surface area contributed by atoms with Gasteiger partial charge in [0.25, 0.3) is 0 Å². The molecule has 1 aromatic carbocycles. The van der Waals surface area contributed by atoms with Crippen molar-refractivity contribution in [2.45, 2.75) is 159 Å². The number of thioether (sulfide) groups is 1. The lowest BCUT2D eigenvalue weighted by Crippen LogP contribution is -2.62. The molecule has 2 rings (SSSR count). The topological polar surface area (TPSA) is 556 Å². The van der Waals surface area contributed by atoms with Crippen molar-refractivity contribution in [2.75, 3.05) is 43.1 Å². The van der Waals surface area contributed by atoms with Crippen LogP contribution in [0.1, 0.15) is 91.5 Å². The first kappa shape index (κ1) is 80.0. The number of carbonyl (C=O) groups excluding carboxylic acids is 10. The van der Waals surface area contributed by atoms with E-state index in [-0.39, 0.29) is 87.4 Å². The van der Waals surface area contributed by atoms with Crippen LogP contribution >= 0.6 is 37.0 Å². The Kier molecular flexibility index (Phi) is 36.0. The smallest absolute Gasteiger partial charge is 0.326 e. The summed E-state index contributed by atoms with van der Waals surface area (Å²) in [7, 11) is 0. The number of carbonyl (C=O) groups is 12. The second kappa shape index (κ2) is 41.4. The van der Waals surface area contributed by atoms with E-state index in [1.807, 2.05) is 18.2 Å². The number of hydrogen-bond acceptors (Lipinski definition) is 19. The fourth-order valence-corrected chi connectivity index (χ4v) is 9.88. The number of nitrogens with zero attached hydrogens (tertiary/aromatic N) is 2. The number of aromatic nitrogens is 1. The summed E-state index contributed by atoms with van der Waals surface area (Å²) in [6, 6.07) is -7.49. The second-order valence-corrected chi connectivity index (χ2v) is 23.8. The van der Waals surface area contributed by atoms with E-state index in [9.17, 15) is 72.9 Å². The van der Waals surface area contributed by atoms with E-state index in [1.54, 1.807) is 46.2 Å². The van der Waals surface area contributed by atoms with Gasteiger partial charge in [0, 0.05) is 48.1 Å². The molecule has 92 heavy (non-hydrogen) atoms. The van der Waals surface area contributed by atoms with E-state index in [4.69, 9.17) is 28.7 Å². The highest BCUT2D eigenvalue weighted by molar-refractivity contribution is 7.98. The highest BCUT2D eigenvalue weighted by Crippen LogP contribution is 2.20. The number of thiol groups is 2. The molecule has 10 amide bonds. The monoisotopic (exact) mass is 1350 g/mol. The number of para-hydroxylation sites is 1. The normalized spacial score (nSPS) is 15.0. The minimum atomic E-state index is -1.97. The highest BCUT2D eigenvalue weighted by atomic mass is 32.2. The molecule has 0 fully saturated rings. The summed E-state index contributed by atoms with van der Waals surface area (Å²) in [5, 5.41) is 55.5. The predicted octanol–water partition coefficient (Wildman–Crippen LogP) is -4.73. The number of aliphatic imine (C=N–C) groups is 2. The number of nitrogens with two attached hydrogens (primary N) is 5. The minimum absolute atomic E-state index is 0.0205. The second-order valence-electron chi connectivity index (χ2n) is 22.1. The SMILES string of the molecule is CC[C@H](C)[C@H](NC(=O)[C@H](CS)NC(=O)[C@H](Cc1c[nH]c2ccccc12)NC(=O)[C@@H](N)CCCN=C(N)N)C(=O)N[C@@H](CCCN=C(N)N)C(=O)N[C@H](C(=O)N[C@@H](CC(=O)O)C(=O)N[C@@H](CC(C)C)C(=O)NCC(=O)N[C@@H](CS)C(=O)N[C@@H](CCSC)C(=O)O)[C@@H](C)O. The van der Waals surface area contributed by atoms with Crippen molar-refractivity contribution in [3.05, 3.63) is 36.0 Å². The average molecular weight is 1350 g/mol. The molecule has 0 radical (unpaired) electrons. The number of aliphatic hydroxyl groups excluding tert-OH is 1. The molecule has 1 aromatic heterocycles. The first-order valence-electron chi connectivity index (χ1n) is 29.6. The number of carboxylic acids is 2. The zero-order valence-corrected chi connectivity index (χ0v) is 54.9. The molecule has 0 spiro atoms. The summed E-state index contributed by atoms with van der Waals surface area (Å²) >= 11 is 9.77. The fraction of sp³-hybridized carbons (Fsp3) is 0.607. The quantitative estimate of drug-likeness (QED) is 0.0128. The molecule has 0 aliphatic rings. The van der Waals surface area contributed by atoms with Crippen molar-refractivity contribution >= 4 is 131 Å². The van der Waals surface area contributed by atoms with Crippen LogP contribution in [0.3, 0.4) is 0 Å². The number of aliphatic carboxylic acids is 2. The number of rotatable bonds is 43. The van der Waals surface area contributed by atoms with Gasteiger partial charge in [-0.05, 0) is 80.9 Å². The third kappa shape index (κ3) is 28.6. The number of amides is 10. The number of benzene rings is 1. The molecule has 2 aromatic rings. The van der Waals surface area contributed by atoms with Crippen LogP contribution in [0.4, 0.5) is 0 Å². The number of aromatic amines is 1. The summed E-state index contributed by atoms with van der Waals surface area (Å²) in [4.78, 5) is 173. The highest BCUT2D eigenvalue weighted by Gasteiger charge is 2.38. The number of hydrogen-bond donors (Lipinski definition) is 21. The Bertz CT molecular complexity index is 2890. The molecule has 0 unspecified atom stereocenters. The molecule has 0 aliphatic heterocycles. The Morgan fingerprint density at radius 2 is 1.10 bits per heavy atom. The van der Waals surface area contributed by atoms with Gasteiger partial charge < -0.3 is 102 Å². The van der Waals surface area contributed by atoms with Gasteiger partial charge in [-0.3, -0.25) is 62.7 Å². The standard InChI is InChI=1S/C56H92N18O15S3/c1-7-28(4)43(73-51(85)40(26-91)72-48(82)37(21-30-23-64-33-14-9-8-12-31(30)33)69-45(79)32(57)13-10-17-62-55(58)59)52(86)67-34(15-11-18-63-56(60)61)47(81)74-44(29(5)75)53(87)71-38(22-42(77)78)49(83)70-36(20-27(2)3)46(80)65-24-41(76)66-39(25-90)50(84)68-35(54(88)89)16-19-92-6/h8-9,12,14,23,27-29,32,34-40,43-44,64,75,90-91H,7,10-11,13,15-22,24-26,57H2,1-6H3,(H,65,80)(H,66,76)(H,67,86)(H,68,84)(H,69,79)(H,70,83)(H,71,87)(H,72,82)(H,73,85)(H,74,81)(H,77,78)(H,88,89)(H4,58,59,62)(H4,60,61,63)/t28-,29+,32-,34-,35-,36-,37-,38-,39-,40-,43-,44-/m0/s1. The number of H-pyrrole nitrogens is 1. The van der Waals surface area contributed by atoms with Gasteiger partial charge in [0.15, 0.2) is 11.9 Å². The summed E-state index contributed by atoms with van der Waals surface area (Å²) in [6.07, 6.45) is 1.07. The van der Waals surface area contributed by atoms with Crippen molar-refractivity contribution in [2.24, 2.45) is 50.5 Å². The molecule has 0 aliphatic carbocycles. The largest absolute Gasteiger partial charge is 0.481 e. The van der Waals surface area contributed by atoms with Crippen LogP contribution < -0.4 is 81.8 Å². The van der Waals surface area contributed by atoms with Gasteiger partial charge >= 0.3 is 11.9 Å². The van der Waals surface area contributed by atoms with Gasteiger partial charge in [-0.2, -0.15) is 37.0 Å². The van der Waals surface area contributed by atoms with E-state index in [1.165, 1.54) is 11.8 Å². The maximum atomic E-state index is 14.4. The van der Waals surface area contributed by atoms with Crippen molar-refractivity contribution in [1.29, 1.82) is 0 Å². The Hall–Kier alpha value is -8.09. The van der Waals surface area contributed by atoms with E-state index in [0.717, 1.165) is 17.8 Å². The summed E-state index contributed by atoms with van der Waals surface area (Å²) in [5.74, 6) is -14.1. The predicted molar refractivity (Wildman–Crippen MR) is 351 cm³/mol. The van der Waals surface area contributed by atoms with E-state index in [2.05, 4.69) is 93.4 Å². The fourth-order valence-electron chi connectivity index (χ4n) is 8.89. The van der Waals surface area contributed by atoms with Crippen LogP contribution in [0.25, 0.3) is 10.9 Å². The Labute approximate surface area is 548 Å². The Morgan fingerprint density at radius 3 is 1.66 bits per heavy atom. The first-order valence-corrected chi connectivity index (χ1v) is 32.3. The molecule has 0 saturated heterocycles. The zero-order valence-electron chi connectivity index (χ0n) is 52.3. The molecule has 36 heteroatoms. The lowest BCUT2D eigenvalue weighted by atomic mass is 9.97. The minimum Gasteiger partial charge on any atom is -0.481 e. The summed E-state index contributed by atoms with van der Waals surface area (Å²) in [5.41, 5.74) is 29.4. The molecule has 0 saturated carbocycles. The van der Waals surface area contributed by atoms with Crippen molar-refractivity contribution in [3.63, 3.8) is 0 Å². The van der Waals surface area contributed by atoms with E-state index in [0.29, 0.717) is 17.7 Å². The van der Waals surface area contributed by atoms with Crippen molar-refractivity contribution in [3.8, 4) is 0 Å². The average Bonchev–Trinajstić information content (AvgIpc) is 1.61. The van der Waals surface area contributed by atoms with Crippen molar-refractivity contribution in [1.82, 2.24) is 58.2 Å². The first-order chi connectivity index (χ1) is 43.4. The number of guanidine groups is 2. The maximum absolute atomic E-state index is 14.4. The van der Waals surface area contributed by atoms with Crippen LogP contribution in [-0.2, 0) is 64.0 Å². The van der Waals surface area contributed by atoms with Crippen LogP contribution in [0, 0.1) is 11.8 Å². The number of carboxylic acid groups (broad SMARTS) is 2. The molecular formula is C56H92N18O15S3. The molecule has 12 atom stereocenters. The molecule has 0 bridgehead atoms. The third-order valence-electron chi connectivity index (χ3n) is 14.1. The lowest BCUT2D eigenvalue weighted by Gasteiger charge is -2.30. The van der Waals surface area contributed by atoms with Crippen LogP contribution in [0.2, 0.25) is 0 Å². The summed E-state index contributed by atoms with van der Waals surface area (Å²) in [6.45, 7) is 7.16. The van der Waals surface area contributed by atoms with Gasteiger partial charge in [0.1, 0.15) is 54.4 Å². The lowest BCUT2D eigenvalue weighted by molar-refractivity contribution is -0.142. The zero-order chi connectivity index (χ0) is 69.4. The van der Waals surface area contributed by atoms with Crippen LogP contribution in [0.5, 0.6) is 0 Å². The number of aliphatic hydroxyl groups is 1. The van der Waals surface area contributed by atoms with Gasteiger partial charge in [0.2, 0.25) is 59.1 Å². The Morgan fingerprint density at radius 1 is 0.598 bits per heavy atom. The Balaban J connectivity index is 2.38. The molecule has 24 N–H and O–H groups in total. The van der Waals surface area contributed by atoms with Gasteiger partial charge in [-0.15, -0.1) is 0 Å². The number of fused-ring (bicyclic) bond motifs is 1. The van der Waals surface area contributed by atoms with Gasteiger partial charge in [0.05, 0.1) is 25.1 Å². The van der Waals surface area contributed by atoms with E-state index < -0.39 is 156 Å². The summed E-state index contributed by atoms with van der Waals surface area (Å²) < 4.78 is 0. The van der Waals surface area contributed by atoms with Crippen LogP contribution in [-0.4, -0.2) is 213 Å². The molecule has 1 heterocycles. The van der Waals surface area contributed by atoms with Crippen molar-refractivity contribution < 1.29 is 72.9 Å².